The molecule has 1 heterocycles. The fourth-order valence-corrected chi connectivity index (χ4v) is 4.09. The largest absolute Gasteiger partial charge is 0.462 e. The predicted octanol–water partition coefficient (Wildman–Crippen LogP) is 5.55. The van der Waals surface area contributed by atoms with E-state index in [0.717, 1.165) is 16.7 Å². The van der Waals surface area contributed by atoms with E-state index in [1.54, 1.807) is 25.1 Å². The number of nitrogens with zero attached hydrogens (tertiary/aromatic N) is 1. The van der Waals surface area contributed by atoms with Crippen LogP contribution in [0.4, 0.5) is 4.79 Å². The van der Waals surface area contributed by atoms with Gasteiger partial charge in [0.05, 0.1) is 34.9 Å². The van der Waals surface area contributed by atoms with Crippen LogP contribution in [0.3, 0.4) is 0 Å². The van der Waals surface area contributed by atoms with Crippen LogP contribution in [-0.2, 0) is 4.74 Å². The number of rotatable bonds is 5. The zero-order chi connectivity index (χ0) is 21.8. The van der Waals surface area contributed by atoms with Crippen molar-refractivity contribution in [3.8, 4) is 0 Å². The Hall–Kier alpha value is -3.44. The minimum absolute atomic E-state index is 0.231. The summed E-state index contributed by atoms with van der Waals surface area (Å²) in [4.78, 5) is 29.0. The number of urea groups is 1. The van der Waals surface area contributed by atoms with Crippen LogP contribution < -0.4 is 5.32 Å². The molecule has 0 aromatic heterocycles. The Labute approximate surface area is 185 Å². The van der Waals surface area contributed by atoms with Crippen LogP contribution in [-0.4, -0.2) is 24.3 Å². The highest BCUT2D eigenvalue weighted by Gasteiger charge is 2.35. The molecule has 0 saturated carbocycles. The molecule has 0 bridgehead atoms. The van der Waals surface area contributed by atoms with Crippen LogP contribution in [0.15, 0.2) is 83.9 Å². The van der Waals surface area contributed by atoms with Gasteiger partial charge in [-0.15, -0.1) is 0 Å². The zero-order valence-electron chi connectivity index (χ0n) is 16.9. The fourth-order valence-electron chi connectivity index (χ4n) is 3.82. The van der Waals surface area contributed by atoms with E-state index in [0.29, 0.717) is 11.3 Å². The molecule has 1 aliphatic rings. The summed E-state index contributed by atoms with van der Waals surface area (Å²) in [6, 6.07) is 23.9. The van der Waals surface area contributed by atoms with Crippen molar-refractivity contribution in [1.29, 1.82) is 0 Å². The molecule has 0 aliphatic carbocycles. The molecule has 0 saturated heterocycles. The van der Waals surface area contributed by atoms with E-state index in [-0.39, 0.29) is 17.5 Å². The molecule has 4 rings (SSSR count). The van der Waals surface area contributed by atoms with E-state index < -0.39 is 18.0 Å². The highest BCUT2D eigenvalue weighted by atomic mass is 35.5. The average molecular weight is 433 g/mol. The second kappa shape index (κ2) is 9.14. The van der Waals surface area contributed by atoms with Gasteiger partial charge in [0.15, 0.2) is 0 Å². The van der Waals surface area contributed by atoms with Crippen LogP contribution in [0.1, 0.15) is 45.9 Å². The Morgan fingerprint density at radius 1 is 1.00 bits per heavy atom. The van der Waals surface area contributed by atoms with E-state index in [4.69, 9.17) is 16.3 Å². The van der Waals surface area contributed by atoms with Crippen molar-refractivity contribution in [3.63, 3.8) is 0 Å². The van der Waals surface area contributed by atoms with E-state index in [2.05, 4.69) is 10.3 Å². The van der Waals surface area contributed by atoms with E-state index in [1.165, 1.54) is 0 Å². The molecular formula is C25H21ClN2O3. The number of hydrogen-bond acceptors (Lipinski definition) is 3. The first kappa shape index (κ1) is 20.8. The first-order valence-corrected chi connectivity index (χ1v) is 10.4. The van der Waals surface area contributed by atoms with Crippen molar-refractivity contribution in [2.24, 2.45) is 4.99 Å². The first-order chi connectivity index (χ1) is 15.1. The summed E-state index contributed by atoms with van der Waals surface area (Å²) in [6.07, 6.45) is 0. The molecule has 1 N–H and O–H groups in total. The minimum Gasteiger partial charge on any atom is -0.462 e. The first-order valence-electron chi connectivity index (χ1n) is 10.0. The van der Waals surface area contributed by atoms with Crippen LogP contribution >= 0.6 is 11.6 Å². The Balaban J connectivity index is 1.81. The average Bonchev–Trinajstić information content (AvgIpc) is 2.79. The van der Waals surface area contributed by atoms with Gasteiger partial charge < -0.3 is 10.1 Å². The van der Waals surface area contributed by atoms with Gasteiger partial charge in [-0.2, -0.15) is 4.99 Å². The predicted molar refractivity (Wildman–Crippen MR) is 121 cm³/mol. The van der Waals surface area contributed by atoms with Crippen molar-refractivity contribution in [2.75, 3.05) is 6.61 Å². The number of amides is 2. The topological polar surface area (TPSA) is 67.8 Å². The third kappa shape index (κ3) is 4.37. The molecule has 5 nitrogen and oxygen atoms in total. The van der Waals surface area contributed by atoms with Crippen LogP contribution in [0.2, 0.25) is 5.02 Å². The van der Waals surface area contributed by atoms with Gasteiger partial charge in [0.25, 0.3) is 0 Å². The number of carbonyl (C=O) groups excluding carboxylic acids is 2. The van der Waals surface area contributed by atoms with Crippen LogP contribution in [0, 0.1) is 0 Å². The van der Waals surface area contributed by atoms with Gasteiger partial charge in [-0.05, 0) is 35.7 Å². The normalized spacial score (nSPS) is 18.1. The molecule has 6 heteroatoms. The Bertz CT molecular complexity index is 1130. The molecule has 2 atom stereocenters. The van der Waals surface area contributed by atoms with Crippen molar-refractivity contribution < 1.29 is 14.3 Å². The van der Waals surface area contributed by atoms with Crippen LogP contribution in [0.25, 0.3) is 0 Å². The Morgan fingerprint density at radius 2 is 1.68 bits per heavy atom. The molecule has 1 aliphatic heterocycles. The number of carbonyl (C=O) groups is 2. The second-order valence-electron chi connectivity index (χ2n) is 7.14. The summed E-state index contributed by atoms with van der Waals surface area (Å²) in [7, 11) is 0. The Kier molecular flexibility index (Phi) is 6.14. The van der Waals surface area contributed by atoms with Gasteiger partial charge in [0, 0.05) is 0 Å². The van der Waals surface area contributed by atoms with Crippen molar-refractivity contribution in [2.45, 2.75) is 18.9 Å². The minimum atomic E-state index is -0.474. The lowest BCUT2D eigenvalue weighted by molar-refractivity contribution is 0.0526. The highest BCUT2D eigenvalue weighted by Crippen LogP contribution is 2.38. The number of hydrogen-bond donors (Lipinski definition) is 1. The highest BCUT2D eigenvalue weighted by molar-refractivity contribution is 6.33. The van der Waals surface area contributed by atoms with E-state index in [9.17, 15) is 9.59 Å². The summed E-state index contributed by atoms with van der Waals surface area (Å²) >= 11 is 6.42. The van der Waals surface area contributed by atoms with Gasteiger partial charge in [-0.1, -0.05) is 78.3 Å². The molecular weight excluding hydrogens is 412 g/mol. The number of aliphatic imine (C=N–C) groups is 1. The van der Waals surface area contributed by atoms with Crippen molar-refractivity contribution >= 4 is 29.3 Å². The maximum atomic E-state index is 12.5. The molecule has 31 heavy (non-hydrogen) atoms. The summed E-state index contributed by atoms with van der Waals surface area (Å²) in [5.74, 6) is -0.705. The number of ether oxygens (including phenoxy) is 1. The molecule has 156 valence electrons. The van der Waals surface area contributed by atoms with Gasteiger partial charge in [0.1, 0.15) is 0 Å². The lowest BCUT2D eigenvalue weighted by Gasteiger charge is -2.33. The lowest BCUT2D eigenvalue weighted by atomic mass is 9.80. The van der Waals surface area contributed by atoms with Gasteiger partial charge in [0.2, 0.25) is 0 Å². The lowest BCUT2D eigenvalue weighted by Crippen LogP contribution is -2.40. The molecule has 0 spiro atoms. The summed E-state index contributed by atoms with van der Waals surface area (Å²) < 4.78 is 5.06. The second-order valence-corrected chi connectivity index (χ2v) is 7.55. The maximum Gasteiger partial charge on any atom is 0.341 e. The fraction of sp³-hybridized carbons (Fsp3) is 0.160. The number of halogens is 1. The van der Waals surface area contributed by atoms with E-state index in [1.807, 2.05) is 60.7 Å². The van der Waals surface area contributed by atoms with Crippen LogP contribution in [0.5, 0.6) is 0 Å². The maximum absolute atomic E-state index is 12.5. The SMILES string of the molecule is CCOC(=O)c1ccc(C2NC(=O)N=C(c3ccccc3)C2c2ccccc2)cc1Cl. The monoisotopic (exact) mass is 432 g/mol. The smallest absolute Gasteiger partial charge is 0.341 e. The number of nitrogens with one attached hydrogen (secondary N) is 1. The zero-order valence-corrected chi connectivity index (χ0v) is 17.7. The van der Waals surface area contributed by atoms with E-state index >= 15 is 0 Å². The third-order valence-corrected chi connectivity index (χ3v) is 5.52. The number of benzene rings is 3. The summed E-state index contributed by atoms with van der Waals surface area (Å²) in [6.45, 7) is 2.01. The molecule has 0 fully saturated rings. The van der Waals surface area contributed by atoms with Crippen molar-refractivity contribution in [1.82, 2.24) is 5.32 Å². The summed E-state index contributed by atoms with van der Waals surface area (Å²) in [5.41, 5.74) is 3.66. The van der Waals surface area contributed by atoms with Gasteiger partial charge in [-0.3, -0.25) is 0 Å². The molecule has 0 radical (unpaired) electrons. The number of esters is 1. The van der Waals surface area contributed by atoms with Crippen molar-refractivity contribution in [3.05, 3.63) is 106 Å². The Morgan fingerprint density at radius 3 is 2.32 bits per heavy atom. The standard InChI is InChI=1S/C25H21ClN2O3/c1-2-31-24(29)19-14-13-18(15-20(19)26)23-21(16-9-5-3-6-10-16)22(27-25(30)28-23)17-11-7-4-8-12-17/h3-15,21,23H,2H2,1H3,(H,28,30). The third-order valence-electron chi connectivity index (χ3n) is 5.20. The molecule has 3 aromatic carbocycles. The van der Waals surface area contributed by atoms with Gasteiger partial charge in [-0.25, -0.2) is 9.59 Å². The summed E-state index contributed by atoms with van der Waals surface area (Å²) in [5, 5.41) is 3.26. The molecule has 2 amide bonds. The molecule has 2 unspecified atom stereocenters. The van der Waals surface area contributed by atoms with Gasteiger partial charge >= 0.3 is 12.0 Å². The quantitative estimate of drug-likeness (QED) is 0.537. The molecule has 3 aromatic rings.